The summed E-state index contributed by atoms with van der Waals surface area (Å²) in [6.07, 6.45) is 0.757. The van der Waals surface area contributed by atoms with Gasteiger partial charge in [0.05, 0.1) is 17.9 Å². The van der Waals surface area contributed by atoms with E-state index in [1.54, 1.807) is 18.2 Å². The molecule has 1 amide bonds. The minimum absolute atomic E-state index is 0.00356. The lowest BCUT2D eigenvalue weighted by molar-refractivity contribution is -0.146. The van der Waals surface area contributed by atoms with Crippen molar-refractivity contribution < 1.29 is 14.3 Å². The standard InChI is InChI=1S/C15H19Cl2NO3S/c1-4-9(2)14(15(20)21-3)18-13(19)8-22-12-7-10(16)5-6-11(12)17/h5-7,9,14H,4,8H2,1-3H3,(H,18,19). The van der Waals surface area contributed by atoms with E-state index >= 15 is 0 Å². The average Bonchev–Trinajstić information content (AvgIpc) is 2.51. The second kappa shape index (κ2) is 9.28. The summed E-state index contributed by atoms with van der Waals surface area (Å²) in [7, 11) is 1.31. The number of amides is 1. The summed E-state index contributed by atoms with van der Waals surface area (Å²) in [5.41, 5.74) is 0. The van der Waals surface area contributed by atoms with E-state index in [2.05, 4.69) is 5.32 Å². The van der Waals surface area contributed by atoms with E-state index in [9.17, 15) is 9.59 Å². The molecule has 2 atom stereocenters. The van der Waals surface area contributed by atoms with Crippen LogP contribution in [0.3, 0.4) is 0 Å². The molecule has 0 saturated heterocycles. The zero-order chi connectivity index (χ0) is 16.7. The molecule has 22 heavy (non-hydrogen) atoms. The molecule has 2 unspecified atom stereocenters. The number of esters is 1. The Labute approximate surface area is 144 Å². The lowest BCUT2D eigenvalue weighted by Crippen LogP contribution is -2.46. The van der Waals surface area contributed by atoms with Gasteiger partial charge in [0.2, 0.25) is 5.91 Å². The number of halogens is 2. The van der Waals surface area contributed by atoms with E-state index in [0.29, 0.717) is 10.0 Å². The molecule has 0 aliphatic heterocycles. The SMILES string of the molecule is CCC(C)C(NC(=O)CSc1cc(Cl)ccc1Cl)C(=O)OC. The molecule has 7 heteroatoms. The number of ether oxygens (including phenoxy) is 1. The lowest BCUT2D eigenvalue weighted by atomic mass is 9.99. The van der Waals surface area contributed by atoms with Crippen molar-refractivity contribution >= 4 is 46.8 Å². The molecule has 1 aromatic rings. The Morgan fingerprint density at radius 3 is 2.64 bits per heavy atom. The second-order valence-corrected chi connectivity index (χ2v) is 6.68. The smallest absolute Gasteiger partial charge is 0.328 e. The van der Waals surface area contributed by atoms with Crippen molar-refractivity contribution in [3.8, 4) is 0 Å². The van der Waals surface area contributed by atoms with Crippen LogP contribution >= 0.6 is 35.0 Å². The van der Waals surface area contributed by atoms with Crippen molar-refractivity contribution in [2.45, 2.75) is 31.2 Å². The van der Waals surface area contributed by atoms with Crippen molar-refractivity contribution in [3.63, 3.8) is 0 Å². The highest BCUT2D eigenvalue weighted by Crippen LogP contribution is 2.29. The van der Waals surface area contributed by atoms with Gasteiger partial charge in [0.25, 0.3) is 0 Å². The van der Waals surface area contributed by atoms with Gasteiger partial charge in [-0.1, -0.05) is 43.5 Å². The van der Waals surface area contributed by atoms with Crippen LogP contribution in [0.2, 0.25) is 10.0 Å². The topological polar surface area (TPSA) is 55.4 Å². The third kappa shape index (κ3) is 5.71. The first-order chi connectivity index (χ1) is 10.4. The summed E-state index contributed by atoms with van der Waals surface area (Å²) in [5, 5.41) is 3.80. The van der Waals surface area contributed by atoms with Crippen molar-refractivity contribution in [3.05, 3.63) is 28.2 Å². The Balaban J connectivity index is 2.64. The van der Waals surface area contributed by atoms with Gasteiger partial charge >= 0.3 is 5.97 Å². The van der Waals surface area contributed by atoms with Gasteiger partial charge in [-0.15, -0.1) is 11.8 Å². The fraction of sp³-hybridized carbons (Fsp3) is 0.467. The van der Waals surface area contributed by atoms with E-state index in [1.165, 1.54) is 18.9 Å². The van der Waals surface area contributed by atoms with Crippen LogP contribution in [0.15, 0.2) is 23.1 Å². The highest BCUT2D eigenvalue weighted by Gasteiger charge is 2.26. The van der Waals surface area contributed by atoms with Gasteiger partial charge in [-0.2, -0.15) is 0 Å². The maximum atomic E-state index is 12.0. The summed E-state index contributed by atoms with van der Waals surface area (Å²) in [5.74, 6) is -0.550. The van der Waals surface area contributed by atoms with Crippen LogP contribution in [0.4, 0.5) is 0 Å². The molecule has 0 aliphatic rings. The van der Waals surface area contributed by atoms with E-state index in [1.807, 2.05) is 13.8 Å². The van der Waals surface area contributed by atoms with Crippen molar-refractivity contribution in [2.75, 3.05) is 12.9 Å². The Hall–Kier alpha value is -0.910. The molecule has 0 fully saturated rings. The summed E-state index contributed by atoms with van der Waals surface area (Å²) in [6, 6.07) is 4.43. The molecule has 0 aromatic heterocycles. The third-order valence-corrected chi connectivity index (χ3v) is 4.97. The molecule has 0 radical (unpaired) electrons. The fourth-order valence-electron chi connectivity index (χ4n) is 1.74. The molecular formula is C15H19Cl2NO3S. The minimum Gasteiger partial charge on any atom is -0.467 e. The first-order valence-corrected chi connectivity index (χ1v) is 8.58. The number of rotatable bonds is 7. The Morgan fingerprint density at radius 2 is 2.05 bits per heavy atom. The Morgan fingerprint density at radius 1 is 1.36 bits per heavy atom. The average molecular weight is 364 g/mol. The summed E-state index contributed by atoms with van der Waals surface area (Å²) in [4.78, 5) is 24.5. The van der Waals surface area contributed by atoms with Gasteiger partial charge in [0.1, 0.15) is 6.04 Å². The Kier molecular flexibility index (Phi) is 8.07. The zero-order valence-corrected chi connectivity index (χ0v) is 15.0. The minimum atomic E-state index is -0.641. The molecule has 4 nitrogen and oxygen atoms in total. The van der Waals surface area contributed by atoms with Crippen molar-refractivity contribution in [1.82, 2.24) is 5.32 Å². The van der Waals surface area contributed by atoms with E-state index in [-0.39, 0.29) is 17.6 Å². The van der Waals surface area contributed by atoms with Gasteiger partial charge in [0, 0.05) is 9.92 Å². The maximum absolute atomic E-state index is 12.0. The van der Waals surface area contributed by atoms with Crippen LogP contribution in [-0.2, 0) is 14.3 Å². The molecular weight excluding hydrogens is 345 g/mol. The molecule has 1 rings (SSSR count). The van der Waals surface area contributed by atoms with E-state index < -0.39 is 12.0 Å². The number of hydrogen-bond acceptors (Lipinski definition) is 4. The van der Waals surface area contributed by atoms with Gasteiger partial charge in [-0.25, -0.2) is 4.79 Å². The third-order valence-electron chi connectivity index (χ3n) is 3.24. The van der Waals surface area contributed by atoms with Crippen LogP contribution in [0.5, 0.6) is 0 Å². The number of methoxy groups -OCH3 is 1. The van der Waals surface area contributed by atoms with Crippen LogP contribution in [0.1, 0.15) is 20.3 Å². The highest BCUT2D eigenvalue weighted by molar-refractivity contribution is 8.00. The van der Waals surface area contributed by atoms with Gasteiger partial charge in [-0.05, 0) is 24.1 Å². The number of nitrogens with one attached hydrogen (secondary N) is 1. The normalized spacial score (nSPS) is 13.3. The van der Waals surface area contributed by atoms with Gasteiger partial charge < -0.3 is 10.1 Å². The van der Waals surface area contributed by atoms with Crippen LogP contribution < -0.4 is 5.32 Å². The largest absolute Gasteiger partial charge is 0.467 e. The molecule has 1 N–H and O–H groups in total. The Bertz CT molecular complexity index is 540. The number of thioether (sulfide) groups is 1. The molecule has 1 aromatic carbocycles. The van der Waals surface area contributed by atoms with Gasteiger partial charge in [0.15, 0.2) is 0 Å². The zero-order valence-electron chi connectivity index (χ0n) is 12.7. The molecule has 0 aliphatic carbocycles. The molecule has 0 bridgehead atoms. The molecule has 122 valence electrons. The quantitative estimate of drug-likeness (QED) is 0.591. The van der Waals surface area contributed by atoms with Gasteiger partial charge in [-0.3, -0.25) is 4.79 Å². The lowest BCUT2D eigenvalue weighted by Gasteiger charge is -2.21. The van der Waals surface area contributed by atoms with Crippen molar-refractivity contribution in [1.29, 1.82) is 0 Å². The first kappa shape index (κ1) is 19.1. The first-order valence-electron chi connectivity index (χ1n) is 6.84. The number of carbonyl (C=O) groups is 2. The van der Waals surface area contributed by atoms with Crippen LogP contribution in [-0.4, -0.2) is 30.8 Å². The molecule has 0 saturated carbocycles. The van der Waals surface area contributed by atoms with Crippen molar-refractivity contribution in [2.24, 2.45) is 5.92 Å². The number of benzene rings is 1. The predicted octanol–water partition coefficient (Wildman–Crippen LogP) is 3.79. The summed E-state index contributed by atoms with van der Waals surface area (Å²) >= 11 is 13.2. The van der Waals surface area contributed by atoms with E-state index in [4.69, 9.17) is 27.9 Å². The van der Waals surface area contributed by atoms with Crippen LogP contribution in [0, 0.1) is 5.92 Å². The van der Waals surface area contributed by atoms with E-state index in [0.717, 1.165) is 11.3 Å². The highest BCUT2D eigenvalue weighted by atomic mass is 35.5. The predicted molar refractivity (Wildman–Crippen MR) is 90.6 cm³/mol. The molecule has 0 heterocycles. The summed E-state index contributed by atoms with van der Waals surface area (Å²) < 4.78 is 4.73. The monoisotopic (exact) mass is 363 g/mol. The number of hydrogen-bond donors (Lipinski definition) is 1. The van der Waals surface area contributed by atoms with Crippen LogP contribution in [0.25, 0.3) is 0 Å². The second-order valence-electron chi connectivity index (χ2n) is 4.82. The molecule has 0 spiro atoms. The summed E-state index contributed by atoms with van der Waals surface area (Å²) in [6.45, 7) is 3.84. The fourth-order valence-corrected chi connectivity index (χ4v) is 3.05. The number of carbonyl (C=O) groups excluding carboxylic acids is 2. The maximum Gasteiger partial charge on any atom is 0.328 e.